The molecule has 0 aliphatic heterocycles. The Kier molecular flexibility index (Phi) is 9.67. The molecule has 32 heavy (non-hydrogen) atoms. The molecule has 0 aromatic heterocycles. The van der Waals surface area contributed by atoms with Crippen LogP contribution < -0.4 is 21.1 Å². The van der Waals surface area contributed by atoms with Crippen LogP contribution in [0.25, 0.3) is 0 Å². The molecule has 8 N–H and O–H groups in total. The van der Waals surface area contributed by atoms with Gasteiger partial charge in [0.25, 0.3) is 0 Å². The normalized spacial score (nSPS) is 11.4. The summed E-state index contributed by atoms with van der Waals surface area (Å²) in [6.45, 7) is -0.480. The molecule has 2 rings (SSSR count). The molecule has 11 heteroatoms. The summed E-state index contributed by atoms with van der Waals surface area (Å²) >= 11 is 1.14. The van der Waals surface area contributed by atoms with Gasteiger partial charge in [-0.25, -0.2) is 9.52 Å². The Bertz CT molecular complexity index is 967. The number of aliphatic hydroxyl groups excluding tert-OH is 1. The molecular formula is C21H25N5O5S. The molecule has 0 radical (unpaired) electrons. The molecule has 0 aliphatic carbocycles. The van der Waals surface area contributed by atoms with E-state index in [1.54, 1.807) is 36.4 Å². The number of carboxylic acid groups (broad SMARTS) is 1. The first-order valence-electron chi connectivity index (χ1n) is 9.58. The Balaban J connectivity index is 1.72. The van der Waals surface area contributed by atoms with E-state index in [4.69, 9.17) is 16.2 Å². The van der Waals surface area contributed by atoms with Gasteiger partial charge in [0.2, 0.25) is 11.8 Å². The first kappa shape index (κ1) is 24.9. The van der Waals surface area contributed by atoms with Gasteiger partial charge in [-0.2, -0.15) is 0 Å². The summed E-state index contributed by atoms with van der Waals surface area (Å²) in [5.74, 6) is -1.62. The molecule has 0 spiro atoms. The molecule has 0 heterocycles. The van der Waals surface area contributed by atoms with Gasteiger partial charge in [0.15, 0.2) is 0 Å². The number of carbonyl (C=O) groups is 3. The highest BCUT2D eigenvalue weighted by atomic mass is 32.2. The Morgan fingerprint density at radius 3 is 2.38 bits per heavy atom. The van der Waals surface area contributed by atoms with Gasteiger partial charge in [-0.05, 0) is 23.3 Å². The summed E-state index contributed by atoms with van der Waals surface area (Å²) in [5.41, 5.74) is 7.71. The molecule has 0 unspecified atom stereocenters. The minimum atomic E-state index is -1.02. The maximum absolute atomic E-state index is 12.2. The van der Waals surface area contributed by atoms with Crippen molar-refractivity contribution in [3.63, 3.8) is 0 Å². The van der Waals surface area contributed by atoms with Crippen molar-refractivity contribution >= 4 is 35.6 Å². The zero-order valence-electron chi connectivity index (χ0n) is 17.1. The molecule has 0 saturated heterocycles. The summed E-state index contributed by atoms with van der Waals surface area (Å²) in [6.07, 6.45) is 0. The van der Waals surface area contributed by atoms with E-state index in [0.717, 1.165) is 23.1 Å². The molecule has 2 aromatic carbocycles. The van der Waals surface area contributed by atoms with Gasteiger partial charge in [0, 0.05) is 17.9 Å². The zero-order chi connectivity index (χ0) is 23.5. The van der Waals surface area contributed by atoms with Crippen molar-refractivity contribution in [2.75, 3.05) is 13.2 Å². The van der Waals surface area contributed by atoms with Crippen LogP contribution in [0, 0.1) is 5.41 Å². The van der Waals surface area contributed by atoms with Crippen LogP contribution in [0.5, 0.6) is 0 Å². The maximum atomic E-state index is 12.2. The van der Waals surface area contributed by atoms with Gasteiger partial charge < -0.3 is 26.6 Å². The van der Waals surface area contributed by atoms with Crippen molar-refractivity contribution < 1.29 is 24.6 Å². The van der Waals surface area contributed by atoms with Crippen molar-refractivity contribution in [1.29, 1.82) is 5.41 Å². The van der Waals surface area contributed by atoms with E-state index < -0.39 is 30.4 Å². The van der Waals surface area contributed by atoms with Crippen LogP contribution >= 0.6 is 11.9 Å². The number of benzene rings is 2. The van der Waals surface area contributed by atoms with Crippen molar-refractivity contribution in [1.82, 2.24) is 15.4 Å². The van der Waals surface area contributed by atoms with Crippen LogP contribution in [0.15, 0.2) is 48.5 Å². The highest BCUT2D eigenvalue weighted by molar-refractivity contribution is 7.96. The minimum Gasteiger partial charge on any atom is -0.478 e. The predicted molar refractivity (Wildman–Crippen MR) is 121 cm³/mol. The van der Waals surface area contributed by atoms with E-state index in [9.17, 15) is 19.5 Å². The zero-order valence-corrected chi connectivity index (χ0v) is 17.9. The maximum Gasteiger partial charge on any atom is 0.335 e. The fraction of sp³-hybridized carbons (Fsp3) is 0.238. The molecule has 0 fully saturated rings. The number of aromatic carboxylic acids is 1. The van der Waals surface area contributed by atoms with Gasteiger partial charge in [-0.15, -0.1) is 0 Å². The molecule has 2 amide bonds. The molecule has 2 aromatic rings. The second-order valence-corrected chi connectivity index (χ2v) is 7.57. The first-order chi connectivity index (χ1) is 15.3. The van der Waals surface area contributed by atoms with Crippen LogP contribution in [0.1, 0.15) is 27.0 Å². The number of aliphatic hydroxyl groups is 1. The van der Waals surface area contributed by atoms with Gasteiger partial charge in [0.1, 0.15) is 11.9 Å². The van der Waals surface area contributed by atoms with E-state index in [0.29, 0.717) is 11.3 Å². The van der Waals surface area contributed by atoms with Crippen LogP contribution in [0.4, 0.5) is 0 Å². The molecular weight excluding hydrogens is 434 g/mol. The highest BCUT2D eigenvalue weighted by Crippen LogP contribution is 2.12. The Hall–Kier alpha value is -3.41. The summed E-state index contributed by atoms with van der Waals surface area (Å²) in [6, 6.07) is 12.3. The fourth-order valence-corrected chi connectivity index (χ4v) is 3.36. The Labute approximate surface area is 189 Å². The summed E-state index contributed by atoms with van der Waals surface area (Å²) in [7, 11) is 0. The third kappa shape index (κ3) is 8.02. The lowest BCUT2D eigenvalue weighted by atomic mass is 10.1. The van der Waals surface area contributed by atoms with E-state index in [2.05, 4.69) is 15.4 Å². The SMILES string of the molecule is N=C(N)c1ccc(CNC(=O)CNC(=O)[C@@H](CO)NSCc2cccc(C(=O)O)c2)cc1. The van der Waals surface area contributed by atoms with Gasteiger partial charge in [0.05, 0.1) is 18.7 Å². The number of nitrogens with two attached hydrogens (primary N) is 1. The molecule has 170 valence electrons. The highest BCUT2D eigenvalue weighted by Gasteiger charge is 2.18. The lowest BCUT2D eigenvalue weighted by molar-refractivity contribution is -0.127. The molecule has 0 aliphatic rings. The number of rotatable bonds is 12. The number of nitrogens with one attached hydrogen (secondary N) is 4. The second kappa shape index (κ2) is 12.4. The van der Waals surface area contributed by atoms with Crippen LogP contribution in [-0.4, -0.2) is 53.0 Å². The lowest BCUT2D eigenvalue weighted by Gasteiger charge is -2.15. The van der Waals surface area contributed by atoms with E-state index in [-0.39, 0.29) is 24.5 Å². The van der Waals surface area contributed by atoms with Gasteiger partial charge in [-0.1, -0.05) is 48.3 Å². The number of nitrogen functional groups attached to an aromatic ring is 1. The van der Waals surface area contributed by atoms with E-state index in [1.165, 1.54) is 12.1 Å². The summed E-state index contributed by atoms with van der Waals surface area (Å²) in [5, 5.41) is 30.9. The van der Waals surface area contributed by atoms with Crippen molar-refractivity contribution in [3.8, 4) is 0 Å². The van der Waals surface area contributed by atoms with E-state index >= 15 is 0 Å². The van der Waals surface area contributed by atoms with E-state index in [1.807, 2.05) is 0 Å². The topological polar surface area (TPSA) is 178 Å². The summed E-state index contributed by atoms with van der Waals surface area (Å²) < 4.78 is 2.81. The number of carbonyl (C=O) groups excluding carboxylic acids is 2. The standard InChI is InChI=1S/C21H25N5O5S/c22-19(23)15-6-4-13(5-7-15)9-24-18(28)10-25-20(29)17(11-27)26-32-12-14-2-1-3-16(8-14)21(30)31/h1-8,17,26-27H,9-12H2,(H3,22,23)(H,24,28)(H,25,29)(H,30,31)/t17-/m1/s1. The molecule has 0 saturated carbocycles. The Morgan fingerprint density at radius 2 is 1.75 bits per heavy atom. The largest absolute Gasteiger partial charge is 0.478 e. The predicted octanol–water partition coefficient (Wildman–Crippen LogP) is 0.200. The smallest absolute Gasteiger partial charge is 0.335 e. The van der Waals surface area contributed by atoms with Crippen LogP contribution in [0.3, 0.4) is 0 Å². The van der Waals surface area contributed by atoms with Crippen LogP contribution in [0.2, 0.25) is 0 Å². The van der Waals surface area contributed by atoms with Gasteiger partial charge >= 0.3 is 5.97 Å². The molecule has 0 bridgehead atoms. The summed E-state index contributed by atoms with van der Waals surface area (Å²) in [4.78, 5) is 35.2. The van der Waals surface area contributed by atoms with Gasteiger partial charge in [-0.3, -0.25) is 15.0 Å². The molecule has 1 atom stereocenters. The van der Waals surface area contributed by atoms with Crippen molar-refractivity contribution in [2.24, 2.45) is 5.73 Å². The lowest BCUT2D eigenvalue weighted by Crippen LogP contribution is -2.47. The monoisotopic (exact) mass is 459 g/mol. The quantitative estimate of drug-likeness (QED) is 0.134. The average Bonchev–Trinajstić information content (AvgIpc) is 2.79. The third-order valence-corrected chi connectivity index (χ3v) is 5.24. The number of hydrogen-bond donors (Lipinski definition) is 7. The number of amidine groups is 1. The second-order valence-electron chi connectivity index (χ2n) is 6.75. The minimum absolute atomic E-state index is 0.0395. The van der Waals surface area contributed by atoms with Crippen molar-refractivity contribution in [3.05, 3.63) is 70.8 Å². The average molecular weight is 460 g/mol. The van der Waals surface area contributed by atoms with Crippen molar-refractivity contribution in [2.45, 2.75) is 18.3 Å². The fourth-order valence-electron chi connectivity index (χ4n) is 2.55. The first-order valence-corrected chi connectivity index (χ1v) is 10.6. The number of carboxylic acids is 1. The Morgan fingerprint density at radius 1 is 1.03 bits per heavy atom. The van der Waals surface area contributed by atoms with Crippen LogP contribution in [-0.2, 0) is 21.9 Å². The number of amides is 2. The molecule has 10 nitrogen and oxygen atoms in total. The number of hydrogen-bond acceptors (Lipinski definition) is 7. The third-order valence-electron chi connectivity index (χ3n) is 4.32.